The van der Waals surface area contributed by atoms with Crippen LogP contribution in [0.25, 0.3) is 0 Å². The quantitative estimate of drug-likeness (QED) is 0.647. The number of aliphatic imine (C=N–C) groups is 1. The Morgan fingerprint density at radius 2 is 1.65 bits per heavy atom. The van der Waals surface area contributed by atoms with Crippen molar-refractivity contribution in [1.29, 1.82) is 0 Å². The van der Waals surface area contributed by atoms with Crippen molar-refractivity contribution in [3.05, 3.63) is 95.6 Å². The van der Waals surface area contributed by atoms with Crippen LogP contribution >= 0.6 is 0 Å². The first-order valence-electron chi connectivity index (χ1n) is 8.41. The van der Waals surface area contributed by atoms with Crippen molar-refractivity contribution < 1.29 is 14.3 Å². The summed E-state index contributed by atoms with van der Waals surface area (Å²) < 4.78 is 11.9. The standard InChI is InChI=1S/C22H17NO3/c24-14-19-17-10-4-7-13-21(17)26-22(23-19)18-11-5-6-12-20(18)25-15-16-8-2-1-3-9-16/h1-14,19H,15H2. The van der Waals surface area contributed by atoms with Crippen LogP contribution in [0.5, 0.6) is 11.5 Å². The number of ether oxygens (including phenoxy) is 2. The number of carbonyl (C=O) groups is 1. The molecule has 1 aliphatic heterocycles. The lowest BCUT2D eigenvalue weighted by molar-refractivity contribution is -0.109. The van der Waals surface area contributed by atoms with Crippen LogP contribution in [-0.4, -0.2) is 12.2 Å². The Kier molecular flexibility index (Phi) is 4.48. The van der Waals surface area contributed by atoms with Crippen molar-refractivity contribution in [2.45, 2.75) is 12.6 Å². The van der Waals surface area contributed by atoms with E-state index < -0.39 is 6.04 Å². The summed E-state index contributed by atoms with van der Waals surface area (Å²) in [5.74, 6) is 1.70. The number of benzene rings is 3. The first kappa shape index (κ1) is 16.1. The fourth-order valence-electron chi connectivity index (χ4n) is 2.88. The van der Waals surface area contributed by atoms with Crippen LogP contribution in [0.3, 0.4) is 0 Å². The zero-order chi connectivity index (χ0) is 17.8. The molecule has 0 spiro atoms. The van der Waals surface area contributed by atoms with Gasteiger partial charge in [0, 0.05) is 5.56 Å². The molecule has 128 valence electrons. The molecule has 0 saturated carbocycles. The summed E-state index contributed by atoms with van der Waals surface area (Å²) in [6.07, 6.45) is 0.828. The summed E-state index contributed by atoms with van der Waals surface area (Å²) in [6, 6.07) is 24.4. The van der Waals surface area contributed by atoms with Crippen LogP contribution in [0.2, 0.25) is 0 Å². The highest BCUT2D eigenvalue weighted by Crippen LogP contribution is 2.33. The Bertz CT molecular complexity index is 950. The van der Waals surface area contributed by atoms with Gasteiger partial charge in [-0.2, -0.15) is 0 Å². The molecule has 4 rings (SSSR count). The molecular formula is C22H17NO3. The van der Waals surface area contributed by atoms with Gasteiger partial charge in [-0.15, -0.1) is 0 Å². The van der Waals surface area contributed by atoms with Gasteiger partial charge in [0.2, 0.25) is 5.90 Å². The van der Waals surface area contributed by atoms with E-state index in [-0.39, 0.29) is 0 Å². The lowest BCUT2D eigenvalue weighted by Gasteiger charge is -2.22. The average Bonchev–Trinajstić information content (AvgIpc) is 2.72. The summed E-state index contributed by atoms with van der Waals surface area (Å²) >= 11 is 0. The topological polar surface area (TPSA) is 47.9 Å². The molecule has 0 fully saturated rings. The Morgan fingerprint density at radius 3 is 2.50 bits per heavy atom. The van der Waals surface area contributed by atoms with Crippen LogP contribution in [0, 0.1) is 0 Å². The Hall–Kier alpha value is -3.40. The van der Waals surface area contributed by atoms with Crippen molar-refractivity contribution in [3.63, 3.8) is 0 Å². The molecule has 26 heavy (non-hydrogen) atoms. The van der Waals surface area contributed by atoms with Crippen molar-refractivity contribution in [1.82, 2.24) is 0 Å². The van der Waals surface area contributed by atoms with Gasteiger partial charge in [0.05, 0.1) is 5.56 Å². The molecule has 1 unspecified atom stereocenters. The van der Waals surface area contributed by atoms with Gasteiger partial charge in [-0.25, -0.2) is 4.99 Å². The number of carbonyl (C=O) groups excluding carboxylic acids is 1. The first-order valence-corrected chi connectivity index (χ1v) is 8.41. The van der Waals surface area contributed by atoms with E-state index in [9.17, 15) is 4.79 Å². The second-order valence-electron chi connectivity index (χ2n) is 5.93. The minimum absolute atomic E-state index is 0.393. The summed E-state index contributed by atoms with van der Waals surface area (Å²) in [7, 11) is 0. The minimum atomic E-state index is -0.572. The maximum absolute atomic E-state index is 11.5. The second-order valence-corrected chi connectivity index (χ2v) is 5.93. The number of aldehydes is 1. The fraction of sp³-hybridized carbons (Fsp3) is 0.0909. The first-order chi connectivity index (χ1) is 12.8. The molecule has 4 nitrogen and oxygen atoms in total. The van der Waals surface area contributed by atoms with Crippen molar-refractivity contribution in [2.75, 3.05) is 0 Å². The van der Waals surface area contributed by atoms with Gasteiger partial charge in [-0.05, 0) is 23.8 Å². The zero-order valence-corrected chi connectivity index (χ0v) is 14.0. The molecule has 3 aromatic rings. The van der Waals surface area contributed by atoms with E-state index in [1.807, 2.05) is 78.9 Å². The highest BCUT2D eigenvalue weighted by Gasteiger charge is 2.25. The third-order valence-corrected chi connectivity index (χ3v) is 4.18. The molecule has 1 aliphatic rings. The van der Waals surface area contributed by atoms with Crippen molar-refractivity contribution >= 4 is 12.2 Å². The average molecular weight is 343 g/mol. The van der Waals surface area contributed by atoms with Gasteiger partial charge in [-0.1, -0.05) is 60.7 Å². The van der Waals surface area contributed by atoms with Crippen LogP contribution < -0.4 is 9.47 Å². The number of hydrogen-bond donors (Lipinski definition) is 0. The fourth-order valence-corrected chi connectivity index (χ4v) is 2.88. The third kappa shape index (κ3) is 3.22. The van der Waals surface area contributed by atoms with E-state index in [2.05, 4.69) is 4.99 Å². The maximum atomic E-state index is 11.5. The van der Waals surface area contributed by atoms with Gasteiger partial charge >= 0.3 is 0 Å². The highest BCUT2D eigenvalue weighted by atomic mass is 16.5. The van der Waals surface area contributed by atoms with E-state index in [1.165, 1.54) is 0 Å². The molecule has 0 aromatic heterocycles. The molecule has 0 aliphatic carbocycles. The van der Waals surface area contributed by atoms with Crippen LogP contribution in [0.15, 0.2) is 83.9 Å². The van der Waals surface area contributed by atoms with E-state index in [0.29, 0.717) is 24.0 Å². The van der Waals surface area contributed by atoms with Crippen LogP contribution in [0.1, 0.15) is 22.7 Å². The van der Waals surface area contributed by atoms with Gasteiger partial charge in [0.15, 0.2) is 0 Å². The Morgan fingerprint density at radius 1 is 0.923 bits per heavy atom. The second kappa shape index (κ2) is 7.23. The maximum Gasteiger partial charge on any atom is 0.226 e. The SMILES string of the molecule is O=CC1N=C(c2ccccc2OCc2ccccc2)Oc2ccccc21. The molecule has 3 aromatic carbocycles. The Balaban J connectivity index is 1.64. The molecule has 0 N–H and O–H groups in total. The smallest absolute Gasteiger partial charge is 0.226 e. The van der Waals surface area contributed by atoms with Crippen molar-refractivity contribution in [2.24, 2.45) is 4.99 Å². The third-order valence-electron chi connectivity index (χ3n) is 4.18. The predicted octanol–water partition coefficient (Wildman–Crippen LogP) is 4.34. The largest absolute Gasteiger partial charge is 0.488 e. The van der Waals surface area contributed by atoms with Gasteiger partial charge in [0.25, 0.3) is 0 Å². The van der Waals surface area contributed by atoms with E-state index in [4.69, 9.17) is 9.47 Å². The summed E-state index contributed by atoms with van der Waals surface area (Å²) in [5.41, 5.74) is 2.57. The highest BCUT2D eigenvalue weighted by molar-refractivity contribution is 6.00. The molecular weight excluding hydrogens is 326 g/mol. The van der Waals surface area contributed by atoms with E-state index in [0.717, 1.165) is 23.0 Å². The number of rotatable bonds is 5. The lowest BCUT2D eigenvalue weighted by Crippen LogP contribution is -2.20. The van der Waals surface area contributed by atoms with Gasteiger partial charge in [0.1, 0.15) is 30.4 Å². The molecule has 0 radical (unpaired) electrons. The van der Waals surface area contributed by atoms with Crippen molar-refractivity contribution in [3.8, 4) is 11.5 Å². The van der Waals surface area contributed by atoms with Gasteiger partial charge < -0.3 is 14.3 Å². The molecule has 0 amide bonds. The molecule has 0 bridgehead atoms. The Labute approximate surface area is 151 Å². The molecule has 1 heterocycles. The molecule has 1 atom stereocenters. The predicted molar refractivity (Wildman–Crippen MR) is 99.6 cm³/mol. The number of para-hydroxylation sites is 2. The van der Waals surface area contributed by atoms with Gasteiger partial charge in [-0.3, -0.25) is 0 Å². The molecule has 4 heteroatoms. The summed E-state index contributed by atoms with van der Waals surface area (Å²) in [6.45, 7) is 0.443. The summed E-state index contributed by atoms with van der Waals surface area (Å²) in [4.78, 5) is 16.0. The minimum Gasteiger partial charge on any atom is -0.488 e. The van der Waals surface area contributed by atoms with Crippen LogP contribution in [0.4, 0.5) is 0 Å². The van der Waals surface area contributed by atoms with E-state index >= 15 is 0 Å². The van der Waals surface area contributed by atoms with E-state index in [1.54, 1.807) is 0 Å². The lowest BCUT2D eigenvalue weighted by atomic mass is 10.1. The monoisotopic (exact) mass is 343 g/mol. The number of nitrogens with zero attached hydrogens (tertiary/aromatic N) is 1. The summed E-state index contributed by atoms with van der Waals surface area (Å²) in [5, 5.41) is 0. The normalized spacial score (nSPS) is 15.4. The number of fused-ring (bicyclic) bond motifs is 1. The zero-order valence-electron chi connectivity index (χ0n) is 14.0. The molecule has 0 saturated heterocycles. The number of hydrogen-bond acceptors (Lipinski definition) is 4. The van der Waals surface area contributed by atoms with Crippen LogP contribution in [-0.2, 0) is 11.4 Å².